The first-order valence-corrected chi connectivity index (χ1v) is 9.05. The largest absolute Gasteiger partial charge is 0.388 e. The summed E-state index contributed by atoms with van der Waals surface area (Å²) in [7, 11) is 0. The molecule has 2 N–H and O–H groups in total. The Bertz CT molecular complexity index is 535. The molecule has 0 bridgehead atoms. The molecule has 2 fully saturated rings. The van der Waals surface area contributed by atoms with E-state index < -0.39 is 6.10 Å². The second kappa shape index (κ2) is 8.08. The fourth-order valence-corrected chi connectivity index (χ4v) is 3.84. The second-order valence-corrected chi connectivity index (χ2v) is 7.11. The van der Waals surface area contributed by atoms with Gasteiger partial charge in [-0.05, 0) is 68.3 Å². The van der Waals surface area contributed by atoms with E-state index in [-0.39, 0.29) is 17.6 Å². The Hall–Kier alpha value is -1.46. The van der Waals surface area contributed by atoms with Crippen molar-refractivity contribution in [2.45, 2.75) is 38.2 Å². The Morgan fingerprint density at radius 2 is 1.96 bits per heavy atom. The zero-order valence-electron chi connectivity index (χ0n) is 14.1. The van der Waals surface area contributed by atoms with Gasteiger partial charge in [0, 0.05) is 19.5 Å². The summed E-state index contributed by atoms with van der Waals surface area (Å²) in [5, 5.41) is 13.8. The van der Waals surface area contributed by atoms with Crippen LogP contribution < -0.4 is 5.32 Å². The molecule has 2 atom stereocenters. The van der Waals surface area contributed by atoms with Crippen LogP contribution >= 0.6 is 0 Å². The molecule has 0 aliphatic carbocycles. The van der Waals surface area contributed by atoms with Gasteiger partial charge in [-0.3, -0.25) is 4.79 Å². The molecule has 1 aromatic rings. The highest BCUT2D eigenvalue weighted by atomic mass is 19.1. The Morgan fingerprint density at radius 3 is 2.58 bits per heavy atom. The van der Waals surface area contributed by atoms with Crippen molar-refractivity contribution >= 4 is 5.91 Å². The first-order chi connectivity index (χ1) is 11.6. The van der Waals surface area contributed by atoms with Gasteiger partial charge < -0.3 is 15.3 Å². The zero-order valence-corrected chi connectivity index (χ0v) is 14.1. The average Bonchev–Trinajstić information content (AvgIpc) is 3.13. The SMILES string of the molecule is O=C(CCC1CCNC1)N1CCC(C(O)c2ccc(F)cc2)CC1. The Morgan fingerprint density at radius 1 is 1.25 bits per heavy atom. The van der Waals surface area contributed by atoms with E-state index in [1.165, 1.54) is 18.6 Å². The summed E-state index contributed by atoms with van der Waals surface area (Å²) in [5.74, 6) is 0.741. The number of hydrogen-bond acceptors (Lipinski definition) is 3. The smallest absolute Gasteiger partial charge is 0.222 e. The number of carbonyl (C=O) groups excluding carboxylic acids is 1. The van der Waals surface area contributed by atoms with Crippen LogP contribution in [0.15, 0.2) is 24.3 Å². The molecule has 0 aromatic heterocycles. The van der Waals surface area contributed by atoms with Crippen LogP contribution in [0.25, 0.3) is 0 Å². The van der Waals surface area contributed by atoms with Crippen molar-refractivity contribution in [3.63, 3.8) is 0 Å². The van der Waals surface area contributed by atoms with E-state index in [4.69, 9.17) is 0 Å². The molecule has 5 heteroatoms. The van der Waals surface area contributed by atoms with Gasteiger partial charge in [0.05, 0.1) is 6.10 Å². The third-order valence-corrected chi connectivity index (χ3v) is 5.48. The predicted molar refractivity (Wildman–Crippen MR) is 90.9 cm³/mol. The molecule has 24 heavy (non-hydrogen) atoms. The maximum absolute atomic E-state index is 13.0. The third-order valence-electron chi connectivity index (χ3n) is 5.48. The lowest BCUT2D eigenvalue weighted by Crippen LogP contribution is -2.39. The average molecular weight is 334 g/mol. The molecule has 2 unspecified atom stereocenters. The van der Waals surface area contributed by atoms with Crippen molar-refractivity contribution < 1.29 is 14.3 Å². The highest BCUT2D eigenvalue weighted by Gasteiger charge is 2.28. The minimum atomic E-state index is -0.576. The van der Waals surface area contributed by atoms with Gasteiger partial charge in [0.15, 0.2) is 0 Å². The van der Waals surface area contributed by atoms with Gasteiger partial charge in [-0.2, -0.15) is 0 Å². The Kier molecular flexibility index (Phi) is 5.85. The molecule has 0 saturated carbocycles. The standard InChI is InChI=1S/C19H27FN2O2/c20-17-4-2-15(3-5-17)19(24)16-8-11-22(12-9-16)18(23)6-1-14-7-10-21-13-14/h2-5,14,16,19,21,24H,1,6-13H2. The number of amides is 1. The zero-order chi connectivity index (χ0) is 16.9. The molecule has 1 amide bonds. The number of carbonyl (C=O) groups is 1. The van der Waals surface area contributed by atoms with E-state index in [0.29, 0.717) is 25.4 Å². The molecular formula is C19H27FN2O2. The molecule has 2 aliphatic rings. The van der Waals surface area contributed by atoms with Crippen LogP contribution in [-0.2, 0) is 4.79 Å². The number of piperidine rings is 1. The number of aliphatic hydroxyl groups excluding tert-OH is 1. The quantitative estimate of drug-likeness (QED) is 0.870. The van der Waals surface area contributed by atoms with Gasteiger partial charge >= 0.3 is 0 Å². The molecule has 132 valence electrons. The summed E-state index contributed by atoms with van der Waals surface area (Å²) >= 11 is 0. The van der Waals surface area contributed by atoms with Crippen LogP contribution in [0.5, 0.6) is 0 Å². The maximum Gasteiger partial charge on any atom is 0.222 e. The minimum Gasteiger partial charge on any atom is -0.388 e. The molecule has 2 saturated heterocycles. The number of hydrogen-bond donors (Lipinski definition) is 2. The maximum atomic E-state index is 13.0. The predicted octanol–water partition coefficient (Wildman–Crippen LogP) is 2.49. The van der Waals surface area contributed by atoms with E-state index in [0.717, 1.165) is 37.9 Å². The number of aliphatic hydroxyl groups is 1. The highest BCUT2D eigenvalue weighted by Crippen LogP contribution is 2.31. The first-order valence-electron chi connectivity index (χ1n) is 9.05. The van der Waals surface area contributed by atoms with E-state index in [9.17, 15) is 14.3 Å². The van der Waals surface area contributed by atoms with Gasteiger partial charge in [0.25, 0.3) is 0 Å². The lowest BCUT2D eigenvalue weighted by atomic mass is 9.87. The van der Waals surface area contributed by atoms with Crippen LogP contribution in [0.1, 0.15) is 43.8 Å². The lowest BCUT2D eigenvalue weighted by molar-refractivity contribution is -0.133. The molecule has 2 aliphatic heterocycles. The summed E-state index contributed by atoms with van der Waals surface area (Å²) in [6.07, 6.45) is 3.82. The fraction of sp³-hybridized carbons (Fsp3) is 0.632. The molecular weight excluding hydrogens is 307 g/mol. The molecule has 2 heterocycles. The minimum absolute atomic E-state index is 0.138. The van der Waals surface area contributed by atoms with Crippen molar-refractivity contribution in [1.82, 2.24) is 10.2 Å². The van der Waals surface area contributed by atoms with Crippen LogP contribution in [0.3, 0.4) is 0 Å². The van der Waals surface area contributed by atoms with Crippen molar-refractivity contribution in [3.8, 4) is 0 Å². The van der Waals surface area contributed by atoms with Gasteiger partial charge in [-0.25, -0.2) is 4.39 Å². The molecule has 0 spiro atoms. The summed E-state index contributed by atoms with van der Waals surface area (Å²) < 4.78 is 13.0. The molecule has 0 radical (unpaired) electrons. The second-order valence-electron chi connectivity index (χ2n) is 7.11. The monoisotopic (exact) mass is 334 g/mol. The highest BCUT2D eigenvalue weighted by molar-refractivity contribution is 5.76. The third kappa shape index (κ3) is 4.33. The van der Waals surface area contributed by atoms with Crippen molar-refractivity contribution in [1.29, 1.82) is 0 Å². The van der Waals surface area contributed by atoms with E-state index in [2.05, 4.69) is 5.32 Å². The summed E-state index contributed by atoms with van der Waals surface area (Å²) in [4.78, 5) is 14.3. The fourth-order valence-electron chi connectivity index (χ4n) is 3.84. The van der Waals surface area contributed by atoms with E-state index in [1.54, 1.807) is 12.1 Å². The Balaban J connectivity index is 1.44. The summed E-state index contributed by atoms with van der Waals surface area (Å²) in [6.45, 7) is 3.54. The van der Waals surface area contributed by atoms with E-state index in [1.807, 2.05) is 4.90 Å². The Labute approximate surface area is 143 Å². The van der Waals surface area contributed by atoms with E-state index >= 15 is 0 Å². The number of benzene rings is 1. The van der Waals surface area contributed by atoms with Gasteiger partial charge in [-0.15, -0.1) is 0 Å². The van der Waals surface area contributed by atoms with Crippen LogP contribution in [-0.4, -0.2) is 42.1 Å². The van der Waals surface area contributed by atoms with Crippen LogP contribution in [0.4, 0.5) is 4.39 Å². The van der Waals surface area contributed by atoms with Crippen LogP contribution in [0, 0.1) is 17.7 Å². The van der Waals surface area contributed by atoms with Gasteiger partial charge in [0.1, 0.15) is 5.82 Å². The number of halogens is 1. The van der Waals surface area contributed by atoms with Crippen molar-refractivity contribution in [2.24, 2.45) is 11.8 Å². The van der Waals surface area contributed by atoms with Crippen molar-refractivity contribution in [3.05, 3.63) is 35.6 Å². The number of rotatable bonds is 5. The number of nitrogens with zero attached hydrogens (tertiary/aromatic N) is 1. The lowest BCUT2D eigenvalue weighted by Gasteiger charge is -2.34. The topological polar surface area (TPSA) is 52.6 Å². The van der Waals surface area contributed by atoms with Crippen LogP contribution in [0.2, 0.25) is 0 Å². The summed E-state index contributed by atoms with van der Waals surface area (Å²) in [6, 6.07) is 6.06. The number of likely N-dealkylation sites (tertiary alicyclic amines) is 1. The molecule has 1 aromatic carbocycles. The molecule has 3 rings (SSSR count). The normalized spacial score (nSPS) is 23.4. The van der Waals surface area contributed by atoms with Gasteiger partial charge in [0.2, 0.25) is 5.91 Å². The molecule has 4 nitrogen and oxygen atoms in total. The number of nitrogens with one attached hydrogen (secondary N) is 1. The summed E-state index contributed by atoms with van der Waals surface area (Å²) in [5.41, 5.74) is 0.759. The van der Waals surface area contributed by atoms with Gasteiger partial charge in [-0.1, -0.05) is 12.1 Å². The van der Waals surface area contributed by atoms with Crippen molar-refractivity contribution in [2.75, 3.05) is 26.2 Å². The first kappa shape index (κ1) is 17.4.